The number of hydrogen-bond acceptors (Lipinski definition) is 5. The van der Waals surface area contributed by atoms with Crippen LogP contribution >= 0.6 is 0 Å². The van der Waals surface area contributed by atoms with Crippen molar-refractivity contribution >= 4 is 17.4 Å². The second-order valence-electron chi connectivity index (χ2n) is 7.15. The molecule has 0 spiro atoms. The molecule has 1 fully saturated rings. The van der Waals surface area contributed by atoms with E-state index < -0.39 is 0 Å². The molecule has 28 heavy (non-hydrogen) atoms. The molecule has 1 amide bonds. The molecule has 7 nitrogen and oxygen atoms in total. The van der Waals surface area contributed by atoms with Crippen molar-refractivity contribution in [2.45, 2.75) is 31.7 Å². The Labute approximate surface area is 163 Å². The van der Waals surface area contributed by atoms with Gasteiger partial charge in [0.2, 0.25) is 5.91 Å². The number of anilines is 1. The largest absolute Gasteiger partial charge is 0.368 e. The molecule has 0 bridgehead atoms. The maximum absolute atomic E-state index is 12.3. The quantitative estimate of drug-likeness (QED) is 0.663. The minimum atomic E-state index is 0.0557. The Morgan fingerprint density at radius 3 is 3.04 bits per heavy atom. The monoisotopic (exact) mass is 374 g/mol. The number of nitrogens with zero attached hydrogens (tertiary/aromatic N) is 4. The third kappa shape index (κ3) is 3.96. The Morgan fingerprint density at radius 2 is 2.21 bits per heavy atom. The van der Waals surface area contributed by atoms with Gasteiger partial charge in [0.25, 0.3) is 0 Å². The van der Waals surface area contributed by atoms with Crippen LogP contribution in [0, 0.1) is 17.2 Å². The molecular formula is C21H22N6O. The highest BCUT2D eigenvalue weighted by Crippen LogP contribution is 2.23. The number of rotatable bonds is 7. The Hall–Kier alpha value is -3.40. The van der Waals surface area contributed by atoms with Crippen LogP contribution < -0.4 is 10.6 Å². The van der Waals surface area contributed by atoms with E-state index in [1.165, 1.54) is 5.56 Å². The molecule has 1 aliphatic rings. The maximum Gasteiger partial charge on any atom is 0.223 e. The number of aromatic nitrogens is 3. The Morgan fingerprint density at radius 1 is 1.29 bits per heavy atom. The second-order valence-corrected chi connectivity index (χ2v) is 7.15. The molecule has 2 atom stereocenters. The summed E-state index contributed by atoms with van der Waals surface area (Å²) < 4.78 is 2.02. The third-order valence-electron chi connectivity index (χ3n) is 5.21. The van der Waals surface area contributed by atoms with E-state index >= 15 is 0 Å². The van der Waals surface area contributed by atoms with Gasteiger partial charge in [-0.3, -0.25) is 4.79 Å². The van der Waals surface area contributed by atoms with Crippen LogP contribution in [0.5, 0.6) is 0 Å². The van der Waals surface area contributed by atoms with Gasteiger partial charge in [-0.25, -0.2) is 9.97 Å². The molecule has 4 rings (SSSR count). The lowest BCUT2D eigenvalue weighted by Crippen LogP contribution is -2.32. The van der Waals surface area contributed by atoms with Crippen molar-refractivity contribution in [1.82, 2.24) is 19.7 Å². The Bertz CT molecular complexity index is 1000. The summed E-state index contributed by atoms with van der Waals surface area (Å²) in [6.07, 6.45) is 10.9. The topological polar surface area (TPSA) is 95.1 Å². The molecule has 0 saturated carbocycles. The SMILES string of the molecule is N#Cc1ccc(NC[C@@H]2C[C@H](CCCc3cccn4ccnc34)C(=O)N2)nc1. The summed E-state index contributed by atoms with van der Waals surface area (Å²) in [4.78, 5) is 20.9. The van der Waals surface area contributed by atoms with Crippen LogP contribution in [0.25, 0.3) is 5.65 Å². The molecule has 0 aliphatic carbocycles. The lowest BCUT2D eigenvalue weighted by atomic mass is 9.96. The van der Waals surface area contributed by atoms with E-state index in [9.17, 15) is 4.79 Å². The maximum atomic E-state index is 12.3. The van der Waals surface area contributed by atoms with E-state index in [4.69, 9.17) is 5.26 Å². The fourth-order valence-corrected chi connectivity index (χ4v) is 3.75. The van der Waals surface area contributed by atoms with Gasteiger partial charge >= 0.3 is 0 Å². The number of nitrogens with one attached hydrogen (secondary N) is 2. The second kappa shape index (κ2) is 8.09. The molecule has 2 N–H and O–H groups in total. The third-order valence-corrected chi connectivity index (χ3v) is 5.21. The Balaban J connectivity index is 1.25. The van der Waals surface area contributed by atoms with Gasteiger partial charge in [0.05, 0.1) is 5.56 Å². The Kier molecular flexibility index (Phi) is 5.20. The smallest absolute Gasteiger partial charge is 0.223 e. The van der Waals surface area contributed by atoms with E-state index in [1.807, 2.05) is 29.1 Å². The summed E-state index contributed by atoms with van der Waals surface area (Å²) in [6, 6.07) is 9.80. The van der Waals surface area contributed by atoms with Crippen molar-refractivity contribution in [3.63, 3.8) is 0 Å². The first kappa shape index (κ1) is 18.0. The zero-order valence-corrected chi connectivity index (χ0v) is 15.5. The number of aryl methyl sites for hydroxylation is 1. The fraction of sp³-hybridized carbons (Fsp3) is 0.333. The van der Waals surface area contributed by atoms with E-state index in [2.05, 4.69) is 32.7 Å². The summed E-state index contributed by atoms with van der Waals surface area (Å²) in [5.74, 6) is 0.906. The minimum absolute atomic E-state index is 0.0557. The average Bonchev–Trinajstić information content (AvgIpc) is 3.34. The zero-order valence-electron chi connectivity index (χ0n) is 15.5. The van der Waals surface area contributed by atoms with Crippen molar-refractivity contribution in [1.29, 1.82) is 5.26 Å². The van der Waals surface area contributed by atoms with Crippen LogP contribution in [-0.4, -0.2) is 32.9 Å². The predicted molar refractivity (Wildman–Crippen MR) is 106 cm³/mol. The van der Waals surface area contributed by atoms with Crippen LogP contribution in [-0.2, 0) is 11.2 Å². The number of nitriles is 1. The van der Waals surface area contributed by atoms with Gasteiger partial charge in [0.1, 0.15) is 17.5 Å². The molecule has 0 unspecified atom stereocenters. The van der Waals surface area contributed by atoms with Crippen molar-refractivity contribution in [3.05, 3.63) is 60.2 Å². The summed E-state index contributed by atoms with van der Waals surface area (Å²) in [5, 5.41) is 15.1. The van der Waals surface area contributed by atoms with Crippen molar-refractivity contribution in [3.8, 4) is 6.07 Å². The number of pyridine rings is 2. The summed E-state index contributed by atoms with van der Waals surface area (Å²) >= 11 is 0. The average molecular weight is 374 g/mol. The molecule has 1 saturated heterocycles. The van der Waals surface area contributed by atoms with Gasteiger partial charge in [-0.05, 0) is 49.4 Å². The molecular weight excluding hydrogens is 352 g/mol. The first-order valence-electron chi connectivity index (χ1n) is 9.54. The molecule has 0 radical (unpaired) electrons. The number of amides is 1. The minimum Gasteiger partial charge on any atom is -0.368 e. The fourth-order valence-electron chi connectivity index (χ4n) is 3.75. The van der Waals surface area contributed by atoms with Crippen LogP contribution in [0.15, 0.2) is 49.1 Å². The van der Waals surface area contributed by atoms with Gasteiger partial charge in [-0.1, -0.05) is 6.07 Å². The van der Waals surface area contributed by atoms with Gasteiger partial charge in [0.15, 0.2) is 0 Å². The van der Waals surface area contributed by atoms with Gasteiger partial charge < -0.3 is 15.0 Å². The summed E-state index contributed by atoms with van der Waals surface area (Å²) in [5.41, 5.74) is 2.75. The molecule has 3 aromatic rings. The highest BCUT2D eigenvalue weighted by atomic mass is 16.2. The number of hydrogen-bond donors (Lipinski definition) is 2. The zero-order chi connectivity index (χ0) is 19.3. The van der Waals surface area contributed by atoms with Crippen LogP contribution in [0.1, 0.15) is 30.4 Å². The number of carbonyl (C=O) groups excluding carboxylic acids is 1. The molecule has 0 aromatic carbocycles. The van der Waals surface area contributed by atoms with Gasteiger partial charge in [0, 0.05) is 43.3 Å². The summed E-state index contributed by atoms with van der Waals surface area (Å²) in [6.45, 7) is 0.633. The lowest BCUT2D eigenvalue weighted by molar-refractivity contribution is -0.122. The lowest BCUT2D eigenvalue weighted by Gasteiger charge is -2.12. The first-order chi connectivity index (χ1) is 13.7. The number of carbonyl (C=O) groups is 1. The molecule has 3 aromatic heterocycles. The van der Waals surface area contributed by atoms with E-state index in [0.29, 0.717) is 17.9 Å². The molecule has 1 aliphatic heterocycles. The molecule has 4 heterocycles. The van der Waals surface area contributed by atoms with E-state index in [0.717, 1.165) is 31.3 Å². The predicted octanol–water partition coefficient (Wildman–Crippen LogP) is 2.54. The van der Waals surface area contributed by atoms with Crippen molar-refractivity contribution in [2.75, 3.05) is 11.9 Å². The highest BCUT2D eigenvalue weighted by Gasteiger charge is 2.31. The molecule has 142 valence electrons. The first-order valence-corrected chi connectivity index (χ1v) is 9.54. The molecule has 7 heteroatoms. The van der Waals surface area contributed by atoms with Gasteiger partial charge in [-0.2, -0.15) is 5.26 Å². The number of fused-ring (bicyclic) bond motifs is 1. The van der Waals surface area contributed by atoms with Gasteiger partial charge in [-0.15, -0.1) is 0 Å². The van der Waals surface area contributed by atoms with E-state index in [-0.39, 0.29) is 17.9 Å². The van der Waals surface area contributed by atoms with Crippen LogP contribution in [0.4, 0.5) is 5.82 Å². The highest BCUT2D eigenvalue weighted by molar-refractivity contribution is 5.81. The summed E-state index contributed by atoms with van der Waals surface area (Å²) in [7, 11) is 0. The normalized spacial score (nSPS) is 18.8. The van der Waals surface area contributed by atoms with Crippen molar-refractivity contribution < 1.29 is 4.79 Å². The van der Waals surface area contributed by atoms with Crippen molar-refractivity contribution in [2.24, 2.45) is 5.92 Å². The standard InChI is InChI=1S/C21H22N6O/c22-12-15-6-7-19(24-13-15)25-14-18-11-17(21(28)26-18)4-1-3-16-5-2-9-27-10-8-23-20(16)27/h2,5-10,13,17-18H,1,3-4,11,14H2,(H,24,25)(H,26,28)/t17-,18-/m0/s1. The number of imidazole rings is 1. The van der Waals surface area contributed by atoms with Crippen LogP contribution in [0.2, 0.25) is 0 Å². The van der Waals surface area contributed by atoms with Crippen LogP contribution in [0.3, 0.4) is 0 Å². The van der Waals surface area contributed by atoms with E-state index in [1.54, 1.807) is 18.3 Å².